The molecular weight excluding hydrogens is 332 g/mol. The van der Waals surface area contributed by atoms with Gasteiger partial charge in [-0.25, -0.2) is 4.98 Å². The van der Waals surface area contributed by atoms with Crippen LogP contribution in [0.15, 0.2) is 54.6 Å². The minimum atomic E-state index is -0.418. The maximum atomic E-state index is 11.7. The van der Waals surface area contributed by atoms with E-state index in [1.165, 1.54) is 12.1 Å². The van der Waals surface area contributed by atoms with Crippen molar-refractivity contribution in [1.29, 1.82) is 0 Å². The Balaban J connectivity index is 1.65. The lowest BCUT2D eigenvalue weighted by Crippen LogP contribution is -2.18. The van der Waals surface area contributed by atoms with Crippen LogP contribution in [0.25, 0.3) is 10.9 Å². The number of non-ortho nitro benzene ring substituents is 1. The van der Waals surface area contributed by atoms with Gasteiger partial charge >= 0.3 is 0 Å². The number of rotatable bonds is 6. The van der Waals surface area contributed by atoms with Crippen LogP contribution in [-0.4, -0.2) is 29.4 Å². The normalized spacial score (nSPS) is 10.5. The van der Waals surface area contributed by atoms with Crippen LogP contribution in [0, 0.1) is 10.1 Å². The fourth-order valence-corrected chi connectivity index (χ4v) is 2.67. The number of hydrogen-bond donors (Lipinski definition) is 2. The first-order valence-corrected chi connectivity index (χ1v) is 8.17. The molecule has 0 saturated carbocycles. The summed E-state index contributed by atoms with van der Waals surface area (Å²) < 4.78 is 0. The molecule has 0 spiro atoms. The van der Waals surface area contributed by atoms with E-state index >= 15 is 0 Å². The summed E-state index contributed by atoms with van der Waals surface area (Å²) in [5, 5.41) is 17.4. The number of carbonyl (C=O) groups is 1. The molecule has 0 aliphatic heterocycles. The van der Waals surface area contributed by atoms with Crippen molar-refractivity contribution in [2.45, 2.75) is 6.42 Å². The van der Waals surface area contributed by atoms with E-state index in [2.05, 4.69) is 15.6 Å². The highest BCUT2D eigenvalue weighted by Gasteiger charge is 2.07. The summed E-state index contributed by atoms with van der Waals surface area (Å²) in [6.07, 6.45) is 0.741. The Morgan fingerprint density at radius 3 is 2.77 bits per heavy atom. The van der Waals surface area contributed by atoms with Gasteiger partial charge in [-0.1, -0.05) is 12.1 Å². The van der Waals surface area contributed by atoms with Gasteiger partial charge in [0.15, 0.2) is 0 Å². The molecule has 7 heteroatoms. The van der Waals surface area contributed by atoms with Gasteiger partial charge < -0.3 is 10.6 Å². The van der Waals surface area contributed by atoms with Crippen LogP contribution in [0.1, 0.15) is 15.9 Å². The lowest BCUT2D eigenvalue weighted by molar-refractivity contribution is -0.384. The average molecular weight is 350 g/mol. The number of benzene rings is 2. The van der Waals surface area contributed by atoms with Gasteiger partial charge in [0.25, 0.3) is 11.6 Å². The number of amides is 1. The highest BCUT2D eigenvalue weighted by molar-refractivity contribution is 5.94. The van der Waals surface area contributed by atoms with E-state index in [0.29, 0.717) is 23.4 Å². The number of fused-ring (bicyclic) bond motifs is 1. The molecule has 0 bridgehead atoms. The topological polar surface area (TPSA) is 97.2 Å². The van der Waals surface area contributed by atoms with Gasteiger partial charge in [0, 0.05) is 36.7 Å². The average Bonchev–Trinajstić information content (AvgIpc) is 2.67. The van der Waals surface area contributed by atoms with E-state index < -0.39 is 4.92 Å². The molecule has 0 atom stereocenters. The molecule has 3 aromatic rings. The van der Waals surface area contributed by atoms with Gasteiger partial charge in [0.1, 0.15) is 5.82 Å². The van der Waals surface area contributed by atoms with Gasteiger partial charge in [-0.05, 0) is 42.3 Å². The second-order valence-electron chi connectivity index (χ2n) is 5.79. The van der Waals surface area contributed by atoms with Crippen LogP contribution in [0.4, 0.5) is 11.5 Å². The summed E-state index contributed by atoms with van der Waals surface area (Å²) in [7, 11) is 1.61. The molecule has 1 heterocycles. The maximum absolute atomic E-state index is 11.7. The zero-order valence-electron chi connectivity index (χ0n) is 14.2. The summed E-state index contributed by atoms with van der Waals surface area (Å²) >= 11 is 0. The van der Waals surface area contributed by atoms with Gasteiger partial charge in [0.05, 0.1) is 10.4 Å². The third kappa shape index (κ3) is 3.94. The van der Waals surface area contributed by atoms with E-state index in [9.17, 15) is 14.9 Å². The Bertz CT molecular complexity index is 972. The maximum Gasteiger partial charge on any atom is 0.270 e. The van der Waals surface area contributed by atoms with E-state index in [1.807, 2.05) is 24.3 Å². The van der Waals surface area contributed by atoms with Crippen LogP contribution in [-0.2, 0) is 6.42 Å². The molecule has 0 saturated heterocycles. The quantitative estimate of drug-likeness (QED) is 0.526. The first kappa shape index (κ1) is 17.3. The number of aromatic nitrogens is 1. The zero-order valence-corrected chi connectivity index (χ0v) is 14.2. The predicted molar refractivity (Wildman–Crippen MR) is 100 cm³/mol. The molecule has 7 nitrogen and oxygen atoms in total. The number of nitrogens with one attached hydrogen (secondary N) is 2. The molecule has 2 aromatic carbocycles. The minimum absolute atomic E-state index is 0.0519. The minimum Gasteiger partial charge on any atom is -0.370 e. The van der Waals surface area contributed by atoms with Gasteiger partial charge in [-0.3, -0.25) is 14.9 Å². The number of anilines is 1. The Morgan fingerprint density at radius 2 is 2.00 bits per heavy atom. The standard InChI is InChI=1S/C19H18N4O3/c1-20-19(24)15-4-2-3-13(11-15)9-10-21-18-8-5-14-12-16(23(25)26)6-7-17(14)22-18/h2-8,11-12H,9-10H2,1H3,(H,20,24)(H,21,22). The number of carbonyl (C=O) groups excluding carboxylic acids is 1. The fraction of sp³-hybridized carbons (Fsp3) is 0.158. The molecule has 0 aliphatic carbocycles. The molecule has 0 radical (unpaired) electrons. The summed E-state index contributed by atoms with van der Waals surface area (Å²) in [5.74, 6) is 0.596. The Labute approximate surface area is 150 Å². The van der Waals surface area contributed by atoms with Gasteiger partial charge in [-0.2, -0.15) is 0 Å². The summed E-state index contributed by atoms with van der Waals surface area (Å²) in [5.41, 5.74) is 2.43. The number of nitro groups is 1. The second kappa shape index (κ2) is 7.60. The third-order valence-electron chi connectivity index (χ3n) is 4.02. The molecule has 132 valence electrons. The van der Waals surface area contributed by atoms with E-state index in [-0.39, 0.29) is 11.6 Å². The molecule has 3 rings (SSSR count). The van der Waals surface area contributed by atoms with Crippen LogP contribution in [0.3, 0.4) is 0 Å². The van der Waals surface area contributed by atoms with Crippen molar-refractivity contribution in [3.63, 3.8) is 0 Å². The van der Waals surface area contributed by atoms with E-state index in [0.717, 1.165) is 17.4 Å². The van der Waals surface area contributed by atoms with Crippen molar-refractivity contribution >= 4 is 28.3 Å². The number of pyridine rings is 1. The van der Waals surface area contributed by atoms with Crippen molar-refractivity contribution in [2.24, 2.45) is 0 Å². The number of hydrogen-bond acceptors (Lipinski definition) is 5. The molecule has 0 unspecified atom stereocenters. The Kier molecular flexibility index (Phi) is 5.07. The van der Waals surface area contributed by atoms with E-state index in [1.54, 1.807) is 25.2 Å². The van der Waals surface area contributed by atoms with Gasteiger partial charge in [0.2, 0.25) is 0 Å². The molecule has 1 amide bonds. The Hall–Kier alpha value is -3.48. The van der Waals surface area contributed by atoms with E-state index in [4.69, 9.17) is 0 Å². The highest BCUT2D eigenvalue weighted by atomic mass is 16.6. The van der Waals surface area contributed by atoms with Gasteiger partial charge in [-0.15, -0.1) is 0 Å². The SMILES string of the molecule is CNC(=O)c1cccc(CCNc2ccc3cc([N+](=O)[O-])ccc3n2)c1. The van der Waals surface area contributed by atoms with Crippen LogP contribution in [0.5, 0.6) is 0 Å². The number of nitrogens with zero attached hydrogens (tertiary/aromatic N) is 2. The summed E-state index contributed by atoms with van der Waals surface area (Å²) in [6.45, 7) is 0.655. The first-order chi connectivity index (χ1) is 12.6. The molecule has 0 aliphatic rings. The van der Waals surface area contributed by atoms with Crippen molar-refractivity contribution in [3.8, 4) is 0 Å². The first-order valence-electron chi connectivity index (χ1n) is 8.17. The van der Waals surface area contributed by atoms with Crippen molar-refractivity contribution < 1.29 is 9.72 Å². The van der Waals surface area contributed by atoms with Crippen molar-refractivity contribution in [2.75, 3.05) is 18.9 Å². The molecule has 0 fully saturated rings. The monoisotopic (exact) mass is 350 g/mol. The lowest BCUT2D eigenvalue weighted by Gasteiger charge is -2.08. The predicted octanol–water partition coefficient (Wildman–Crippen LogP) is 3.16. The highest BCUT2D eigenvalue weighted by Crippen LogP contribution is 2.21. The summed E-state index contributed by atoms with van der Waals surface area (Å²) in [6, 6.07) is 15.7. The molecule has 26 heavy (non-hydrogen) atoms. The smallest absolute Gasteiger partial charge is 0.270 e. The van der Waals surface area contributed by atoms with Crippen molar-refractivity contribution in [3.05, 3.63) is 75.8 Å². The fourth-order valence-electron chi connectivity index (χ4n) is 2.67. The molecule has 2 N–H and O–H groups in total. The van der Waals surface area contributed by atoms with Crippen molar-refractivity contribution in [1.82, 2.24) is 10.3 Å². The van der Waals surface area contributed by atoms with Crippen LogP contribution >= 0.6 is 0 Å². The third-order valence-corrected chi connectivity index (χ3v) is 4.02. The zero-order chi connectivity index (χ0) is 18.5. The lowest BCUT2D eigenvalue weighted by atomic mass is 10.1. The number of nitro benzene ring substituents is 1. The molecule has 1 aromatic heterocycles. The van der Waals surface area contributed by atoms with Crippen LogP contribution in [0.2, 0.25) is 0 Å². The van der Waals surface area contributed by atoms with Crippen LogP contribution < -0.4 is 10.6 Å². The largest absolute Gasteiger partial charge is 0.370 e. The second-order valence-corrected chi connectivity index (χ2v) is 5.79. The molecular formula is C19H18N4O3. The Morgan fingerprint density at radius 1 is 1.15 bits per heavy atom. The summed E-state index contributed by atoms with van der Waals surface area (Å²) in [4.78, 5) is 26.5.